The largest absolute Gasteiger partial charge is 0.423 e. The van der Waals surface area contributed by atoms with E-state index >= 15 is 0 Å². The molecule has 4 rings (SSSR count). The van der Waals surface area contributed by atoms with Gasteiger partial charge in [0, 0.05) is 28.4 Å². The molecule has 0 unspecified atom stereocenters. The smallest absolute Gasteiger partial charge is 0.336 e. The predicted molar refractivity (Wildman–Crippen MR) is 119 cm³/mol. The molecule has 1 amide bonds. The number of sulfonamides is 1. The Labute approximate surface area is 186 Å². The molecule has 2 N–H and O–H groups in total. The van der Waals surface area contributed by atoms with Gasteiger partial charge in [0.1, 0.15) is 16.3 Å². The van der Waals surface area contributed by atoms with Crippen molar-refractivity contribution in [1.82, 2.24) is 0 Å². The fraction of sp³-hybridized carbons (Fsp3) is 0. The van der Waals surface area contributed by atoms with Crippen LogP contribution in [0.5, 0.6) is 0 Å². The van der Waals surface area contributed by atoms with Crippen LogP contribution in [0.2, 0.25) is 5.02 Å². The van der Waals surface area contributed by atoms with E-state index in [4.69, 9.17) is 16.0 Å². The number of anilines is 2. The number of halogens is 2. The predicted octanol–water partition coefficient (Wildman–Crippen LogP) is 4.64. The summed E-state index contributed by atoms with van der Waals surface area (Å²) in [5.74, 6) is -1.09. The second kappa shape index (κ2) is 8.45. The first-order valence-corrected chi connectivity index (χ1v) is 11.0. The Morgan fingerprint density at radius 3 is 2.38 bits per heavy atom. The highest BCUT2D eigenvalue weighted by Crippen LogP contribution is 2.26. The van der Waals surface area contributed by atoms with Gasteiger partial charge in [-0.25, -0.2) is 17.6 Å². The number of benzene rings is 3. The van der Waals surface area contributed by atoms with Crippen LogP contribution in [0.1, 0.15) is 10.4 Å². The van der Waals surface area contributed by atoms with Crippen LogP contribution < -0.4 is 15.7 Å². The molecule has 0 spiro atoms. The minimum atomic E-state index is -4.15. The Balaban J connectivity index is 1.60. The molecule has 1 aromatic heterocycles. The molecule has 0 atom stereocenters. The molecule has 162 valence electrons. The van der Waals surface area contributed by atoms with Gasteiger partial charge in [-0.1, -0.05) is 11.6 Å². The number of rotatable bonds is 5. The summed E-state index contributed by atoms with van der Waals surface area (Å²) in [5.41, 5.74) is 0.481. The van der Waals surface area contributed by atoms with Crippen molar-refractivity contribution in [1.29, 1.82) is 0 Å². The average molecular weight is 473 g/mol. The Hall–Kier alpha value is -3.69. The lowest BCUT2D eigenvalue weighted by Crippen LogP contribution is -2.16. The maximum absolute atomic E-state index is 13.1. The van der Waals surface area contributed by atoms with Gasteiger partial charge in [0.15, 0.2) is 0 Å². The zero-order valence-corrected chi connectivity index (χ0v) is 17.7. The van der Waals surface area contributed by atoms with Gasteiger partial charge < -0.3 is 9.73 Å². The van der Waals surface area contributed by atoms with Crippen LogP contribution in [0.25, 0.3) is 11.0 Å². The summed E-state index contributed by atoms with van der Waals surface area (Å²) in [4.78, 5) is 23.7. The maximum atomic E-state index is 13.1. The summed E-state index contributed by atoms with van der Waals surface area (Å²) in [5, 5.41) is 3.18. The molecule has 0 aliphatic heterocycles. The number of carbonyl (C=O) groups excluding carboxylic acids is 1. The van der Waals surface area contributed by atoms with Crippen molar-refractivity contribution < 1.29 is 22.0 Å². The summed E-state index contributed by atoms with van der Waals surface area (Å²) in [6.45, 7) is 0. The number of hydrogen-bond acceptors (Lipinski definition) is 5. The van der Waals surface area contributed by atoms with E-state index in [9.17, 15) is 22.4 Å². The minimum Gasteiger partial charge on any atom is -0.423 e. The molecule has 32 heavy (non-hydrogen) atoms. The van der Waals surface area contributed by atoms with Crippen molar-refractivity contribution in [2.45, 2.75) is 4.90 Å². The van der Waals surface area contributed by atoms with Crippen molar-refractivity contribution >= 4 is 49.9 Å². The molecule has 0 bridgehead atoms. The first-order chi connectivity index (χ1) is 15.2. The summed E-state index contributed by atoms with van der Waals surface area (Å²) in [6, 6.07) is 16.1. The van der Waals surface area contributed by atoms with Crippen LogP contribution in [0.15, 0.2) is 86.9 Å². The number of carbonyl (C=O) groups is 1. The highest BCUT2D eigenvalue weighted by Gasteiger charge is 2.21. The van der Waals surface area contributed by atoms with Crippen molar-refractivity contribution in [2.75, 3.05) is 10.0 Å². The van der Waals surface area contributed by atoms with Gasteiger partial charge in [-0.05, 0) is 66.7 Å². The summed E-state index contributed by atoms with van der Waals surface area (Å²) in [6.07, 6.45) is 0. The quantitative estimate of drug-likeness (QED) is 0.412. The maximum Gasteiger partial charge on any atom is 0.336 e. The average Bonchev–Trinajstić information content (AvgIpc) is 2.75. The van der Waals surface area contributed by atoms with Gasteiger partial charge in [-0.3, -0.25) is 9.52 Å². The van der Waals surface area contributed by atoms with E-state index in [0.717, 1.165) is 18.2 Å². The number of amides is 1. The fourth-order valence-electron chi connectivity index (χ4n) is 2.93. The van der Waals surface area contributed by atoms with E-state index in [1.165, 1.54) is 36.4 Å². The van der Waals surface area contributed by atoms with Crippen LogP contribution in [0.3, 0.4) is 0 Å². The lowest BCUT2D eigenvalue weighted by molar-refractivity contribution is 0.102. The molecule has 3 aromatic carbocycles. The van der Waals surface area contributed by atoms with Gasteiger partial charge in [-0.2, -0.15) is 0 Å². The molecule has 10 heteroatoms. The van der Waals surface area contributed by atoms with E-state index in [2.05, 4.69) is 10.0 Å². The zero-order chi connectivity index (χ0) is 22.9. The molecule has 0 aliphatic rings. The molecular weight excluding hydrogens is 459 g/mol. The van der Waals surface area contributed by atoms with Crippen molar-refractivity contribution in [3.8, 4) is 0 Å². The van der Waals surface area contributed by atoms with Crippen LogP contribution in [-0.4, -0.2) is 14.3 Å². The Kier molecular flexibility index (Phi) is 5.68. The normalized spacial score (nSPS) is 11.3. The van der Waals surface area contributed by atoms with Crippen molar-refractivity contribution in [2.24, 2.45) is 0 Å². The summed E-state index contributed by atoms with van der Waals surface area (Å²) in [7, 11) is -4.15. The first kappa shape index (κ1) is 21.5. The van der Waals surface area contributed by atoms with Gasteiger partial charge >= 0.3 is 5.63 Å². The first-order valence-electron chi connectivity index (χ1n) is 9.14. The van der Waals surface area contributed by atoms with Gasteiger partial charge in [0.2, 0.25) is 0 Å². The fourth-order valence-corrected chi connectivity index (χ4v) is 4.52. The standard InChI is InChI=1S/C22H14ClFN2O5S/c23-18-8-1-14(12-20(18)32(29,30)26-16-5-3-15(24)4-6-16)22(28)25-17-7-9-19-13(11-17)2-10-21(27)31-19/h1-12,26H,(H,25,28). The number of nitrogens with one attached hydrogen (secondary N) is 2. The monoisotopic (exact) mass is 472 g/mol. The van der Waals surface area contributed by atoms with E-state index in [1.54, 1.807) is 18.2 Å². The number of hydrogen-bond donors (Lipinski definition) is 2. The van der Waals surface area contributed by atoms with Crippen molar-refractivity contribution in [3.05, 3.63) is 99.6 Å². The van der Waals surface area contributed by atoms with E-state index < -0.39 is 27.4 Å². The molecule has 0 saturated heterocycles. The second-order valence-electron chi connectivity index (χ2n) is 6.72. The van der Waals surface area contributed by atoms with Crippen molar-refractivity contribution in [3.63, 3.8) is 0 Å². The highest BCUT2D eigenvalue weighted by molar-refractivity contribution is 7.92. The van der Waals surface area contributed by atoms with Crippen LogP contribution in [0, 0.1) is 5.82 Å². The zero-order valence-electron chi connectivity index (χ0n) is 16.1. The summed E-state index contributed by atoms with van der Waals surface area (Å²) < 4.78 is 45.9. The van der Waals surface area contributed by atoms with Gasteiger partial charge in [-0.15, -0.1) is 0 Å². The molecule has 0 radical (unpaired) electrons. The Morgan fingerprint density at radius 1 is 0.906 bits per heavy atom. The molecule has 0 fully saturated rings. The SMILES string of the molecule is O=C(Nc1ccc2oc(=O)ccc2c1)c1ccc(Cl)c(S(=O)(=O)Nc2ccc(F)cc2)c1. The van der Waals surface area contributed by atoms with Gasteiger partial charge in [0.25, 0.3) is 15.9 Å². The third-order valence-electron chi connectivity index (χ3n) is 4.46. The summed E-state index contributed by atoms with van der Waals surface area (Å²) >= 11 is 6.07. The van der Waals surface area contributed by atoms with E-state index in [0.29, 0.717) is 16.7 Å². The van der Waals surface area contributed by atoms with Crippen LogP contribution in [-0.2, 0) is 10.0 Å². The molecule has 7 nitrogen and oxygen atoms in total. The topological polar surface area (TPSA) is 105 Å². The molecule has 4 aromatic rings. The molecule has 1 heterocycles. The molecular formula is C22H14ClFN2O5S. The Morgan fingerprint density at radius 2 is 1.62 bits per heavy atom. The van der Waals surface area contributed by atoms with E-state index in [-0.39, 0.29) is 21.2 Å². The third kappa shape index (κ3) is 4.63. The minimum absolute atomic E-state index is 0.0496. The van der Waals surface area contributed by atoms with Crippen LogP contribution >= 0.6 is 11.6 Å². The van der Waals surface area contributed by atoms with E-state index in [1.807, 2.05) is 0 Å². The molecule has 0 aliphatic carbocycles. The Bertz CT molecular complexity index is 1500. The lowest BCUT2D eigenvalue weighted by Gasteiger charge is -2.12. The lowest BCUT2D eigenvalue weighted by atomic mass is 10.2. The third-order valence-corrected chi connectivity index (χ3v) is 6.32. The van der Waals surface area contributed by atoms with Gasteiger partial charge in [0.05, 0.1) is 5.02 Å². The van der Waals surface area contributed by atoms with Crippen LogP contribution in [0.4, 0.5) is 15.8 Å². The molecule has 0 saturated carbocycles. The second-order valence-corrected chi connectivity index (χ2v) is 8.78. The highest BCUT2D eigenvalue weighted by atomic mass is 35.5. The number of fused-ring (bicyclic) bond motifs is 1.